The van der Waals surface area contributed by atoms with Crippen LogP contribution in [0.2, 0.25) is 0 Å². The first-order chi connectivity index (χ1) is 10.2. The van der Waals surface area contributed by atoms with Crippen LogP contribution in [0.4, 0.5) is 0 Å². The molecule has 0 radical (unpaired) electrons. The molecular weight excluding hydrogens is 304 g/mol. The molecule has 0 saturated carbocycles. The van der Waals surface area contributed by atoms with Crippen molar-refractivity contribution in [2.75, 3.05) is 26.5 Å². The van der Waals surface area contributed by atoms with Crippen molar-refractivity contribution < 1.29 is 17.9 Å². The van der Waals surface area contributed by atoms with Gasteiger partial charge in [0.2, 0.25) is 15.9 Å². The summed E-state index contributed by atoms with van der Waals surface area (Å²) in [6, 6.07) is 7.08. The van der Waals surface area contributed by atoms with E-state index in [2.05, 4.69) is 5.32 Å². The molecule has 1 aromatic carbocycles. The lowest BCUT2D eigenvalue weighted by Gasteiger charge is -2.20. The van der Waals surface area contributed by atoms with Crippen LogP contribution in [0.1, 0.15) is 19.4 Å². The number of methoxy groups -OCH3 is 1. The Balaban J connectivity index is 2.74. The number of ether oxygens (including phenoxy) is 1. The predicted molar refractivity (Wildman–Crippen MR) is 86.1 cm³/mol. The van der Waals surface area contributed by atoms with Gasteiger partial charge < -0.3 is 10.1 Å². The van der Waals surface area contributed by atoms with Crippen LogP contribution in [0, 0.1) is 5.92 Å². The summed E-state index contributed by atoms with van der Waals surface area (Å²) in [6.45, 7) is 4.45. The van der Waals surface area contributed by atoms with Crippen LogP contribution in [-0.2, 0) is 21.4 Å². The van der Waals surface area contributed by atoms with Gasteiger partial charge in [-0.1, -0.05) is 26.0 Å². The topological polar surface area (TPSA) is 75.7 Å². The highest BCUT2D eigenvalue weighted by Gasteiger charge is 2.20. The number of hydrogen-bond donors (Lipinski definition) is 1. The molecule has 1 aromatic rings. The minimum Gasteiger partial charge on any atom is -0.497 e. The van der Waals surface area contributed by atoms with Crippen molar-refractivity contribution in [2.24, 2.45) is 5.92 Å². The highest BCUT2D eigenvalue weighted by molar-refractivity contribution is 7.88. The molecule has 0 aliphatic rings. The molecule has 0 aromatic heterocycles. The minimum atomic E-state index is -3.47. The second kappa shape index (κ2) is 8.14. The maximum absolute atomic E-state index is 11.9. The molecule has 0 saturated heterocycles. The summed E-state index contributed by atoms with van der Waals surface area (Å²) in [6.07, 6.45) is 1.10. The van der Waals surface area contributed by atoms with Crippen LogP contribution in [0.5, 0.6) is 5.75 Å². The van der Waals surface area contributed by atoms with Crippen molar-refractivity contribution in [3.63, 3.8) is 0 Å². The van der Waals surface area contributed by atoms with Crippen molar-refractivity contribution >= 4 is 15.9 Å². The van der Waals surface area contributed by atoms with Gasteiger partial charge in [0.1, 0.15) is 5.75 Å². The van der Waals surface area contributed by atoms with Crippen LogP contribution in [0.25, 0.3) is 0 Å². The maximum Gasteiger partial charge on any atom is 0.235 e. The lowest BCUT2D eigenvalue weighted by atomic mass is 10.2. The fourth-order valence-electron chi connectivity index (χ4n) is 1.76. The fourth-order valence-corrected chi connectivity index (χ4v) is 2.49. The van der Waals surface area contributed by atoms with Crippen LogP contribution >= 0.6 is 0 Å². The molecule has 0 heterocycles. The van der Waals surface area contributed by atoms with E-state index in [-0.39, 0.29) is 19.0 Å². The van der Waals surface area contributed by atoms with E-state index in [4.69, 9.17) is 4.74 Å². The summed E-state index contributed by atoms with van der Waals surface area (Å²) in [5.74, 6) is 0.717. The number of hydrogen-bond acceptors (Lipinski definition) is 4. The molecule has 0 aliphatic carbocycles. The third-order valence-electron chi connectivity index (χ3n) is 3.01. The predicted octanol–water partition coefficient (Wildman–Crippen LogP) is 1.23. The second-order valence-electron chi connectivity index (χ2n) is 5.58. The summed E-state index contributed by atoms with van der Waals surface area (Å²) < 4.78 is 29.9. The van der Waals surface area contributed by atoms with Gasteiger partial charge in [0.25, 0.3) is 0 Å². The molecule has 1 N–H and O–H groups in total. The first-order valence-corrected chi connectivity index (χ1v) is 8.92. The molecule has 1 rings (SSSR count). The number of carbonyl (C=O) groups excluding carboxylic acids is 1. The lowest BCUT2D eigenvalue weighted by Crippen LogP contribution is -2.40. The summed E-state index contributed by atoms with van der Waals surface area (Å²) in [5.41, 5.74) is 0.794. The molecule has 1 amide bonds. The highest BCUT2D eigenvalue weighted by Crippen LogP contribution is 2.14. The van der Waals surface area contributed by atoms with Crippen molar-refractivity contribution in [2.45, 2.75) is 20.4 Å². The Morgan fingerprint density at radius 1 is 1.27 bits per heavy atom. The van der Waals surface area contributed by atoms with E-state index in [1.807, 2.05) is 13.8 Å². The van der Waals surface area contributed by atoms with Crippen LogP contribution in [0.3, 0.4) is 0 Å². The summed E-state index contributed by atoms with van der Waals surface area (Å²) >= 11 is 0. The van der Waals surface area contributed by atoms with Crippen molar-refractivity contribution in [3.05, 3.63) is 29.8 Å². The summed E-state index contributed by atoms with van der Waals surface area (Å²) in [4.78, 5) is 11.9. The molecule has 0 atom stereocenters. The van der Waals surface area contributed by atoms with Gasteiger partial charge >= 0.3 is 0 Å². The Labute approximate surface area is 132 Å². The Hall–Kier alpha value is -1.60. The zero-order valence-electron chi connectivity index (χ0n) is 13.5. The number of sulfonamides is 1. The number of nitrogens with zero attached hydrogens (tertiary/aromatic N) is 1. The largest absolute Gasteiger partial charge is 0.497 e. The minimum absolute atomic E-state index is 0.151. The molecule has 0 fully saturated rings. The van der Waals surface area contributed by atoms with Crippen molar-refractivity contribution in [1.29, 1.82) is 0 Å². The zero-order valence-corrected chi connectivity index (χ0v) is 14.3. The molecule has 7 heteroatoms. The molecular formula is C15H24N2O4S. The Bertz CT molecular complexity index is 582. The monoisotopic (exact) mass is 328 g/mol. The number of carbonyl (C=O) groups is 1. The van der Waals surface area contributed by atoms with Crippen LogP contribution in [0.15, 0.2) is 24.3 Å². The number of amides is 1. The maximum atomic E-state index is 11.9. The van der Waals surface area contributed by atoms with Gasteiger partial charge in [0.15, 0.2) is 0 Å². The molecule has 0 unspecified atom stereocenters. The molecule has 0 aliphatic heterocycles. The third kappa shape index (κ3) is 6.44. The summed E-state index contributed by atoms with van der Waals surface area (Å²) in [7, 11) is -1.90. The van der Waals surface area contributed by atoms with E-state index >= 15 is 0 Å². The fraction of sp³-hybridized carbons (Fsp3) is 0.533. The number of rotatable bonds is 8. The van der Waals surface area contributed by atoms with Gasteiger partial charge in [-0.05, 0) is 23.6 Å². The second-order valence-corrected chi connectivity index (χ2v) is 7.56. The SMILES string of the molecule is COc1ccc(CN(CC(=O)NCC(C)C)S(C)(=O)=O)cc1. The van der Waals surface area contributed by atoms with E-state index < -0.39 is 10.0 Å². The van der Waals surface area contributed by atoms with E-state index in [0.29, 0.717) is 18.2 Å². The van der Waals surface area contributed by atoms with Gasteiger partial charge in [0.05, 0.1) is 19.9 Å². The molecule has 0 bridgehead atoms. The van der Waals surface area contributed by atoms with E-state index in [9.17, 15) is 13.2 Å². The van der Waals surface area contributed by atoms with Gasteiger partial charge in [-0.2, -0.15) is 4.31 Å². The Morgan fingerprint density at radius 3 is 2.32 bits per heavy atom. The Kier molecular flexibility index (Phi) is 6.83. The third-order valence-corrected chi connectivity index (χ3v) is 4.21. The van der Waals surface area contributed by atoms with Gasteiger partial charge in [0, 0.05) is 13.1 Å². The Morgan fingerprint density at radius 2 is 1.86 bits per heavy atom. The zero-order chi connectivity index (χ0) is 16.8. The standard InChI is InChI=1S/C15H24N2O4S/c1-12(2)9-16-15(18)11-17(22(4,19)20)10-13-5-7-14(21-3)8-6-13/h5-8,12H,9-11H2,1-4H3,(H,16,18). The molecule has 22 heavy (non-hydrogen) atoms. The van der Waals surface area contributed by atoms with E-state index in [1.165, 1.54) is 0 Å². The number of benzene rings is 1. The van der Waals surface area contributed by atoms with Gasteiger partial charge in [-0.3, -0.25) is 4.79 Å². The molecule has 6 nitrogen and oxygen atoms in total. The smallest absolute Gasteiger partial charge is 0.235 e. The number of nitrogens with one attached hydrogen (secondary N) is 1. The van der Waals surface area contributed by atoms with Gasteiger partial charge in [-0.25, -0.2) is 8.42 Å². The molecule has 124 valence electrons. The van der Waals surface area contributed by atoms with Gasteiger partial charge in [-0.15, -0.1) is 0 Å². The quantitative estimate of drug-likeness (QED) is 0.779. The first-order valence-electron chi connectivity index (χ1n) is 7.07. The highest BCUT2D eigenvalue weighted by atomic mass is 32.2. The van der Waals surface area contributed by atoms with E-state index in [1.54, 1.807) is 31.4 Å². The molecule has 0 spiro atoms. The van der Waals surface area contributed by atoms with Crippen molar-refractivity contribution in [3.8, 4) is 5.75 Å². The normalized spacial score (nSPS) is 11.7. The average molecular weight is 328 g/mol. The van der Waals surface area contributed by atoms with E-state index in [0.717, 1.165) is 16.1 Å². The average Bonchev–Trinajstić information content (AvgIpc) is 2.44. The summed E-state index contributed by atoms with van der Waals surface area (Å²) in [5, 5.41) is 2.72. The van der Waals surface area contributed by atoms with Crippen molar-refractivity contribution in [1.82, 2.24) is 9.62 Å². The van der Waals surface area contributed by atoms with Crippen LogP contribution in [-0.4, -0.2) is 45.1 Å². The lowest BCUT2D eigenvalue weighted by molar-refractivity contribution is -0.121. The first kappa shape index (κ1) is 18.4. The van der Waals surface area contributed by atoms with Crippen LogP contribution < -0.4 is 10.1 Å².